The molecule has 0 saturated heterocycles. The highest BCUT2D eigenvalue weighted by molar-refractivity contribution is 5.75. The Kier molecular flexibility index (Phi) is 6.50. The number of rotatable bonds is 8. The highest BCUT2D eigenvalue weighted by Gasteiger charge is 2.13. The van der Waals surface area contributed by atoms with Gasteiger partial charge in [0.2, 0.25) is 5.91 Å². The topological polar surface area (TPSA) is 99.6 Å². The van der Waals surface area contributed by atoms with Crippen LogP contribution < -0.4 is 10.5 Å². The van der Waals surface area contributed by atoms with Crippen molar-refractivity contribution >= 4 is 5.91 Å². The molecule has 1 atom stereocenters. The van der Waals surface area contributed by atoms with Crippen LogP contribution >= 0.6 is 0 Å². The SMILES string of the molecule is CCN(CC(N)=O)CC(O)COc1cccc(C#N)c1. The van der Waals surface area contributed by atoms with Gasteiger partial charge in [-0.15, -0.1) is 0 Å². The second-order valence-electron chi connectivity index (χ2n) is 4.40. The Morgan fingerprint density at radius 1 is 1.60 bits per heavy atom. The summed E-state index contributed by atoms with van der Waals surface area (Å²) >= 11 is 0. The summed E-state index contributed by atoms with van der Waals surface area (Å²) in [5.74, 6) is 0.0998. The Morgan fingerprint density at radius 3 is 2.95 bits per heavy atom. The normalized spacial score (nSPS) is 11.9. The molecule has 0 aliphatic rings. The molecule has 0 aliphatic carbocycles. The first-order valence-electron chi connectivity index (χ1n) is 6.36. The molecule has 6 nitrogen and oxygen atoms in total. The Morgan fingerprint density at radius 2 is 2.35 bits per heavy atom. The quantitative estimate of drug-likeness (QED) is 0.702. The molecular formula is C14H19N3O3. The number of hydrogen-bond acceptors (Lipinski definition) is 5. The van der Waals surface area contributed by atoms with Crippen molar-refractivity contribution in [1.29, 1.82) is 5.26 Å². The van der Waals surface area contributed by atoms with Gasteiger partial charge in [0.05, 0.1) is 18.2 Å². The van der Waals surface area contributed by atoms with Crippen molar-refractivity contribution in [3.05, 3.63) is 29.8 Å². The van der Waals surface area contributed by atoms with Crippen molar-refractivity contribution in [2.24, 2.45) is 5.73 Å². The van der Waals surface area contributed by atoms with Crippen molar-refractivity contribution in [2.75, 3.05) is 26.2 Å². The minimum Gasteiger partial charge on any atom is -0.491 e. The standard InChI is InChI=1S/C14H19N3O3/c1-2-17(9-14(16)19)8-12(18)10-20-13-5-3-4-11(6-13)7-15/h3-6,12,18H,2,8-10H2,1H3,(H2,16,19). The number of carbonyl (C=O) groups is 1. The van der Waals surface area contributed by atoms with Gasteiger partial charge in [-0.2, -0.15) is 5.26 Å². The lowest BCUT2D eigenvalue weighted by Crippen LogP contribution is -2.40. The molecule has 0 heterocycles. The van der Waals surface area contributed by atoms with Crippen LogP contribution in [0.4, 0.5) is 0 Å². The molecule has 1 rings (SSSR count). The molecule has 0 fully saturated rings. The summed E-state index contributed by atoms with van der Waals surface area (Å²) in [6.45, 7) is 3.00. The Bertz CT molecular complexity index is 485. The van der Waals surface area contributed by atoms with E-state index in [1.54, 1.807) is 29.2 Å². The zero-order valence-electron chi connectivity index (χ0n) is 11.5. The molecule has 0 saturated carbocycles. The van der Waals surface area contributed by atoms with E-state index in [1.807, 2.05) is 13.0 Å². The number of nitrogens with two attached hydrogens (primary N) is 1. The zero-order chi connectivity index (χ0) is 15.0. The van der Waals surface area contributed by atoms with Crippen LogP contribution in [0.15, 0.2) is 24.3 Å². The van der Waals surface area contributed by atoms with Gasteiger partial charge in [-0.1, -0.05) is 13.0 Å². The molecule has 6 heteroatoms. The summed E-state index contributed by atoms with van der Waals surface area (Å²) in [6.07, 6.45) is -0.736. The first kappa shape index (κ1) is 16.0. The van der Waals surface area contributed by atoms with Crippen LogP contribution in [-0.4, -0.2) is 48.3 Å². The van der Waals surface area contributed by atoms with Crippen LogP contribution in [0.5, 0.6) is 5.75 Å². The van der Waals surface area contributed by atoms with E-state index in [2.05, 4.69) is 0 Å². The molecule has 0 aromatic heterocycles. The van der Waals surface area contributed by atoms with E-state index in [4.69, 9.17) is 15.7 Å². The van der Waals surface area contributed by atoms with Crippen molar-refractivity contribution < 1.29 is 14.6 Å². The molecule has 0 aliphatic heterocycles. The number of primary amides is 1. The highest BCUT2D eigenvalue weighted by atomic mass is 16.5. The van der Waals surface area contributed by atoms with E-state index in [1.165, 1.54) is 0 Å². The lowest BCUT2D eigenvalue weighted by Gasteiger charge is -2.22. The molecule has 0 spiro atoms. The van der Waals surface area contributed by atoms with Crippen molar-refractivity contribution in [3.63, 3.8) is 0 Å². The summed E-state index contributed by atoms with van der Waals surface area (Å²) < 4.78 is 5.42. The average Bonchev–Trinajstić information content (AvgIpc) is 2.44. The van der Waals surface area contributed by atoms with Gasteiger partial charge in [-0.25, -0.2) is 0 Å². The third-order valence-corrected chi connectivity index (χ3v) is 2.70. The lowest BCUT2D eigenvalue weighted by atomic mass is 10.2. The molecule has 1 aromatic carbocycles. The van der Waals surface area contributed by atoms with Crippen LogP contribution in [0.1, 0.15) is 12.5 Å². The number of nitriles is 1. The lowest BCUT2D eigenvalue weighted by molar-refractivity contribution is -0.119. The largest absolute Gasteiger partial charge is 0.491 e. The number of carbonyl (C=O) groups excluding carboxylic acids is 1. The van der Waals surface area contributed by atoms with Gasteiger partial charge in [0.15, 0.2) is 0 Å². The van der Waals surface area contributed by atoms with Gasteiger partial charge in [0.1, 0.15) is 18.5 Å². The van der Waals surface area contributed by atoms with Crippen molar-refractivity contribution in [2.45, 2.75) is 13.0 Å². The number of amides is 1. The van der Waals surface area contributed by atoms with Gasteiger partial charge in [-0.05, 0) is 24.7 Å². The van der Waals surface area contributed by atoms with Gasteiger partial charge < -0.3 is 15.6 Å². The van der Waals surface area contributed by atoms with Gasteiger partial charge in [-0.3, -0.25) is 9.69 Å². The van der Waals surface area contributed by atoms with Crippen LogP contribution in [0, 0.1) is 11.3 Å². The summed E-state index contributed by atoms with van der Waals surface area (Å²) in [5.41, 5.74) is 5.62. The number of nitrogens with zero attached hydrogens (tertiary/aromatic N) is 2. The molecule has 20 heavy (non-hydrogen) atoms. The monoisotopic (exact) mass is 277 g/mol. The molecule has 108 valence electrons. The van der Waals surface area contributed by atoms with Crippen molar-refractivity contribution in [1.82, 2.24) is 4.90 Å². The Hall–Kier alpha value is -2.10. The van der Waals surface area contributed by atoms with E-state index in [0.717, 1.165) is 0 Å². The molecule has 1 aromatic rings. The number of benzene rings is 1. The van der Waals surface area contributed by atoms with Gasteiger partial charge >= 0.3 is 0 Å². The zero-order valence-corrected chi connectivity index (χ0v) is 11.5. The first-order valence-corrected chi connectivity index (χ1v) is 6.36. The minimum atomic E-state index is -0.736. The van der Waals surface area contributed by atoms with Gasteiger partial charge in [0, 0.05) is 6.54 Å². The fourth-order valence-electron chi connectivity index (χ4n) is 1.72. The number of aliphatic hydroxyl groups is 1. The third kappa shape index (κ3) is 5.69. The van der Waals surface area contributed by atoms with Crippen LogP contribution in [-0.2, 0) is 4.79 Å². The predicted molar refractivity (Wildman–Crippen MR) is 74.0 cm³/mol. The fraction of sp³-hybridized carbons (Fsp3) is 0.429. The second-order valence-corrected chi connectivity index (χ2v) is 4.40. The predicted octanol–water partition coefficient (Wildman–Crippen LogP) is 0.105. The number of hydrogen-bond donors (Lipinski definition) is 2. The fourth-order valence-corrected chi connectivity index (χ4v) is 1.72. The van der Waals surface area contributed by atoms with Crippen LogP contribution in [0.3, 0.4) is 0 Å². The number of likely N-dealkylation sites (N-methyl/N-ethyl adjacent to an activating group) is 1. The maximum absolute atomic E-state index is 10.8. The van der Waals surface area contributed by atoms with E-state index in [0.29, 0.717) is 24.4 Å². The summed E-state index contributed by atoms with van der Waals surface area (Å²) in [5, 5.41) is 18.6. The maximum atomic E-state index is 10.8. The third-order valence-electron chi connectivity index (χ3n) is 2.70. The number of aliphatic hydroxyl groups excluding tert-OH is 1. The smallest absolute Gasteiger partial charge is 0.231 e. The van der Waals surface area contributed by atoms with E-state index in [9.17, 15) is 9.90 Å². The Balaban J connectivity index is 2.44. The summed E-state index contributed by atoms with van der Waals surface area (Å²) in [7, 11) is 0. The number of ether oxygens (including phenoxy) is 1. The van der Waals surface area contributed by atoms with Gasteiger partial charge in [0.25, 0.3) is 0 Å². The molecule has 1 amide bonds. The molecule has 0 bridgehead atoms. The second kappa shape index (κ2) is 8.15. The molecule has 3 N–H and O–H groups in total. The van der Waals surface area contributed by atoms with E-state index < -0.39 is 12.0 Å². The molecule has 0 radical (unpaired) electrons. The highest BCUT2D eigenvalue weighted by Crippen LogP contribution is 2.12. The molecular weight excluding hydrogens is 258 g/mol. The first-order chi connectivity index (χ1) is 9.55. The average molecular weight is 277 g/mol. The minimum absolute atomic E-state index is 0.0874. The Labute approximate surface area is 118 Å². The van der Waals surface area contributed by atoms with E-state index >= 15 is 0 Å². The van der Waals surface area contributed by atoms with Crippen molar-refractivity contribution in [3.8, 4) is 11.8 Å². The van der Waals surface area contributed by atoms with E-state index in [-0.39, 0.29) is 13.2 Å². The van der Waals surface area contributed by atoms with Crippen LogP contribution in [0.25, 0.3) is 0 Å². The molecule has 1 unspecified atom stereocenters. The maximum Gasteiger partial charge on any atom is 0.231 e. The van der Waals surface area contributed by atoms with Crippen LogP contribution in [0.2, 0.25) is 0 Å². The summed E-state index contributed by atoms with van der Waals surface area (Å²) in [6, 6.07) is 8.73. The summed E-state index contributed by atoms with van der Waals surface area (Å²) in [4.78, 5) is 12.6.